The first-order valence-electron chi connectivity index (χ1n) is 4.87. The van der Waals surface area contributed by atoms with Crippen molar-refractivity contribution in [1.29, 1.82) is 0 Å². The van der Waals surface area contributed by atoms with E-state index in [2.05, 4.69) is 5.32 Å². The van der Waals surface area contributed by atoms with E-state index in [1.807, 2.05) is 18.2 Å². The van der Waals surface area contributed by atoms with Crippen molar-refractivity contribution in [2.45, 2.75) is 6.61 Å². The molecule has 0 saturated carbocycles. The van der Waals surface area contributed by atoms with Gasteiger partial charge < -0.3 is 10.1 Å². The Balaban J connectivity index is 0.00000289. The van der Waals surface area contributed by atoms with Crippen LogP contribution in [-0.4, -0.2) is 60.9 Å². The molecule has 1 amide bonds. The molecular formula is C10H14NNaO5S. The van der Waals surface area contributed by atoms with E-state index in [1.165, 1.54) is 0 Å². The number of hydrogen-bond donors (Lipinski definition) is 2. The predicted octanol–water partition coefficient (Wildman–Crippen LogP) is 0.152. The molecule has 96 valence electrons. The summed E-state index contributed by atoms with van der Waals surface area (Å²) in [5, 5.41) is 2.21. The van der Waals surface area contributed by atoms with Crippen LogP contribution in [0, 0.1) is 0 Å². The monoisotopic (exact) mass is 283 g/mol. The zero-order chi connectivity index (χ0) is 12.7. The minimum absolute atomic E-state index is 0. The van der Waals surface area contributed by atoms with Crippen molar-refractivity contribution >= 4 is 45.8 Å². The number of carbonyl (C=O) groups excluding carboxylic acids is 1. The number of carbonyl (C=O) groups is 1. The van der Waals surface area contributed by atoms with Crippen LogP contribution in [-0.2, 0) is 21.5 Å². The Morgan fingerprint density at radius 2 is 1.89 bits per heavy atom. The molecule has 18 heavy (non-hydrogen) atoms. The summed E-state index contributed by atoms with van der Waals surface area (Å²) < 4.78 is 33.9. The van der Waals surface area contributed by atoms with Crippen LogP contribution < -0.4 is 5.32 Å². The van der Waals surface area contributed by atoms with Crippen LogP contribution in [0.5, 0.6) is 0 Å². The first-order chi connectivity index (χ1) is 7.97. The first kappa shape index (κ1) is 17.4. The van der Waals surface area contributed by atoms with Crippen molar-refractivity contribution in [3.63, 3.8) is 0 Å². The topological polar surface area (TPSA) is 92.7 Å². The molecule has 1 aromatic carbocycles. The second kappa shape index (κ2) is 8.49. The van der Waals surface area contributed by atoms with Crippen molar-refractivity contribution in [2.75, 3.05) is 12.3 Å². The fraction of sp³-hybridized carbons (Fsp3) is 0.300. The molecule has 8 heteroatoms. The summed E-state index contributed by atoms with van der Waals surface area (Å²) in [7, 11) is -4.06. The zero-order valence-corrected chi connectivity index (χ0v) is 9.81. The molecule has 0 fully saturated rings. The van der Waals surface area contributed by atoms with Crippen molar-refractivity contribution in [1.82, 2.24) is 5.32 Å². The molecule has 1 aromatic rings. The molecule has 2 N–H and O–H groups in total. The van der Waals surface area contributed by atoms with Crippen LogP contribution in [0.25, 0.3) is 0 Å². The standard InChI is InChI=1S/C10H13NO5S.Na.H/c12-10(11-6-7-17(13,14)15)16-8-9-4-2-1-3-5-9;;/h1-5H,6-8H2,(H,11,12)(H,13,14,15);;. The number of rotatable bonds is 5. The Labute approximate surface area is 128 Å². The van der Waals surface area contributed by atoms with E-state index >= 15 is 0 Å². The average Bonchev–Trinajstić information content (AvgIpc) is 2.26. The van der Waals surface area contributed by atoms with E-state index in [4.69, 9.17) is 9.29 Å². The molecule has 0 aliphatic carbocycles. The Morgan fingerprint density at radius 3 is 2.44 bits per heavy atom. The molecule has 1 rings (SSSR count). The van der Waals surface area contributed by atoms with Gasteiger partial charge >= 0.3 is 35.7 Å². The Bertz CT molecular complexity index is 462. The number of hydrogen-bond acceptors (Lipinski definition) is 4. The summed E-state index contributed by atoms with van der Waals surface area (Å²) in [6.07, 6.45) is -0.725. The molecule has 0 aliphatic rings. The maximum atomic E-state index is 11.1. The normalized spacial score (nSPS) is 10.3. The fourth-order valence-corrected chi connectivity index (χ4v) is 1.42. The van der Waals surface area contributed by atoms with E-state index in [0.29, 0.717) is 0 Å². The minimum atomic E-state index is -4.06. The summed E-state index contributed by atoms with van der Waals surface area (Å²) >= 11 is 0. The molecule has 0 radical (unpaired) electrons. The second-order valence-corrected chi connectivity index (χ2v) is 4.85. The van der Waals surface area contributed by atoms with Gasteiger partial charge in [0, 0.05) is 6.54 Å². The molecule has 0 heterocycles. The van der Waals surface area contributed by atoms with E-state index in [1.54, 1.807) is 12.1 Å². The molecule has 0 spiro atoms. The molecular weight excluding hydrogens is 269 g/mol. The predicted molar refractivity (Wildman–Crippen MR) is 68.2 cm³/mol. The second-order valence-electron chi connectivity index (χ2n) is 3.27. The summed E-state index contributed by atoms with van der Waals surface area (Å²) in [6.45, 7) is -0.0784. The van der Waals surface area contributed by atoms with Crippen LogP contribution >= 0.6 is 0 Å². The number of benzene rings is 1. The molecule has 0 aliphatic heterocycles. The number of nitrogens with one attached hydrogen (secondary N) is 1. The van der Waals surface area contributed by atoms with E-state index in [0.717, 1.165) is 5.56 Å². The van der Waals surface area contributed by atoms with Crippen LogP contribution in [0.4, 0.5) is 4.79 Å². The summed E-state index contributed by atoms with van der Waals surface area (Å²) in [4.78, 5) is 11.1. The third-order valence-electron chi connectivity index (χ3n) is 1.84. The molecule has 0 bridgehead atoms. The van der Waals surface area contributed by atoms with Gasteiger partial charge in [-0.25, -0.2) is 4.79 Å². The number of alkyl carbamates (subject to hydrolysis) is 1. The van der Waals surface area contributed by atoms with E-state index in [-0.39, 0.29) is 42.7 Å². The van der Waals surface area contributed by atoms with Gasteiger partial charge in [0.2, 0.25) is 0 Å². The maximum absolute atomic E-state index is 11.1. The molecule has 0 unspecified atom stereocenters. The van der Waals surface area contributed by atoms with Crippen molar-refractivity contribution in [3.8, 4) is 0 Å². The Kier molecular flexibility index (Phi) is 8.21. The number of amides is 1. The molecule has 0 atom stereocenters. The fourth-order valence-electron chi connectivity index (χ4n) is 1.06. The van der Waals surface area contributed by atoms with Gasteiger partial charge in [0.05, 0.1) is 5.75 Å². The van der Waals surface area contributed by atoms with Crippen molar-refractivity contribution < 1.29 is 22.5 Å². The van der Waals surface area contributed by atoms with E-state index in [9.17, 15) is 13.2 Å². The van der Waals surface area contributed by atoms with Gasteiger partial charge in [-0.3, -0.25) is 4.55 Å². The third kappa shape index (κ3) is 8.48. The first-order valence-corrected chi connectivity index (χ1v) is 6.48. The third-order valence-corrected chi connectivity index (χ3v) is 2.56. The van der Waals surface area contributed by atoms with Crippen LogP contribution in [0.3, 0.4) is 0 Å². The van der Waals surface area contributed by atoms with Crippen LogP contribution in [0.2, 0.25) is 0 Å². The van der Waals surface area contributed by atoms with Crippen molar-refractivity contribution in [2.24, 2.45) is 0 Å². The molecule has 0 saturated heterocycles. The van der Waals surface area contributed by atoms with Gasteiger partial charge in [0.15, 0.2) is 0 Å². The summed E-state index contributed by atoms with van der Waals surface area (Å²) in [5.74, 6) is -0.534. The van der Waals surface area contributed by atoms with Crippen LogP contribution in [0.15, 0.2) is 30.3 Å². The molecule has 0 aromatic heterocycles. The SMILES string of the molecule is O=C(NCCS(=O)(=O)O)OCc1ccccc1.[NaH]. The van der Waals surface area contributed by atoms with Crippen molar-refractivity contribution in [3.05, 3.63) is 35.9 Å². The van der Waals surface area contributed by atoms with Gasteiger partial charge in [0.1, 0.15) is 6.61 Å². The average molecular weight is 283 g/mol. The Hall–Kier alpha value is -0.600. The quantitative estimate of drug-likeness (QED) is 0.593. The summed E-state index contributed by atoms with van der Waals surface area (Å²) in [6, 6.07) is 9.07. The Morgan fingerprint density at radius 1 is 1.28 bits per heavy atom. The van der Waals surface area contributed by atoms with Gasteiger partial charge in [-0.05, 0) is 5.56 Å². The van der Waals surface area contributed by atoms with E-state index < -0.39 is 22.0 Å². The van der Waals surface area contributed by atoms with Gasteiger partial charge in [-0.15, -0.1) is 0 Å². The molecule has 6 nitrogen and oxygen atoms in total. The summed E-state index contributed by atoms with van der Waals surface area (Å²) in [5.41, 5.74) is 0.831. The van der Waals surface area contributed by atoms with Gasteiger partial charge in [-0.1, -0.05) is 30.3 Å². The van der Waals surface area contributed by atoms with Gasteiger partial charge in [-0.2, -0.15) is 8.42 Å². The zero-order valence-electron chi connectivity index (χ0n) is 9.00. The number of ether oxygens (including phenoxy) is 1. The van der Waals surface area contributed by atoms with Crippen LogP contribution in [0.1, 0.15) is 5.56 Å². The van der Waals surface area contributed by atoms with Gasteiger partial charge in [0.25, 0.3) is 10.1 Å².